The van der Waals surface area contributed by atoms with E-state index in [1.807, 2.05) is 0 Å². The minimum absolute atomic E-state index is 0.0287. The van der Waals surface area contributed by atoms with E-state index in [9.17, 15) is 13.8 Å². The van der Waals surface area contributed by atoms with Crippen molar-refractivity contribution >= 4 is 13.7 Å². The molecule has 1 amide bonds. The highest BCUT2D eigenvalue weighted by Gasteiger charge is 2.46. The standard InChI is InChI=1S/C16H29FNO6P/c1-8-22-25(20,23-9-2)13(17)10-12-11-21-16(6,7)18(12)14(19)24-15(3,4)5/h10,12H,8-9,11H2,1-7H3/t12-/m1/s1. The van der Waals surface area contributed by atoms with Crippen LogP contribution in [0.25, 0.3) is 0 Å². The summed E-state index contributed by atoms with van der Waals surface area (Å²) in [6.07, 6.45) is 0.400. The molecule has 0 aromatic carbocycles. The topological polar surface area (TPSA) is 74.3 Å². The first-order chi connectivity index (χ1) is 11.4. The summed E-state index contributed by atoms with van der Waals surface area (Å²) in [7, 11) is -4.04. The largest absolute Gasteiger partial charge is 0.444 e. The van der Waals surface area contributed by atoms with Crippen molar-refractivity contribution in [1.29, 1.82) is 0 Å². The van der Waals surface area contributed by atoms with Gasteiger partial charge in [-0.3, -0.25) is 9.46 Å². The Morgan fingerprint density at radius 3 is 2.28 bits per heavy atom. The molecule has 0 aromatic heterocycles. The van der Waals surface area contributed by atoms with Gasteiger partial charge in [-0.1, -0.05) is 0 Å². The molecular weight excluding hydrogens is 352 g/mol. The number of amides is 1. The van der Waals surface area contributed by atoms with Crippen LogP contribution in [-0.2, 0) is 23.1 Å². The minimum Gasteiger partial charge on any atom is -0.444 e. The predicted octanol–water partition coefficient (Wildman–Crippen LogP) is 4.44. The smallest absolute Gasteiger partial charge is 0.413 e. The van der Waals surface area contributed by atoms with Crippen LogP contribution in [0.4, 0.5) is 9.18 Å². The summed E-state index contributed by atoms with van der Waals surface area (Å²) in [4.78, 5) is 13.8. The predicted molar refractivity (Wildman–Crippen MR) is 91.9 cm³/mol. The summed E-state index contributed by atoms with van der Waals surface area (Å²) in [6, 6.07) is -0.793. The van der Waals surface area contributed by atoms with Crippen LogP contribution in [0.3, 0.4) is 0 Å². The third kappa shape index (κ3) is 5.78. The second kappa shape index (κ2) is 8.16. The van der Waals surface area contributed by atoms with E-state index in [0.717, 1.165) is 6.08 Å². The molecule has 0 saturated carbocycles. The maximum atomic E-state index is 14.6. The summed E-state index contributed by atoms with van der Waals surface area (Å²) < 4.78 is 48.0. The normalized spacial score (nSPS) is 21.5. The third-order valence-electron chi connectivity index (χ3n) is 3.30. The molecule has 0 bridgehead atoms. The second-order valence-corrected chi connectivity index (χ2v) is 8.94. The number of carbonyl (C=O) groups is 1. The zero-order valence-electron chi connectivity index (χ0n) is 16.0. The Bertz CT molecular complexity index is 547. The molecule has 1 atom stereocenters. The third-order valence-corrected chi connectivity index (χ3v) is 5.17. The van der Waals surface area contributed by atoms with Gasteiger partial charge in [-0.15, -0.1) is 0 Å². The monoisotopic (exact) mass is 381 g/mol. The van der Waals surface area contributed by atoms with E-state index in [-0.39, 0.29) is 19.8 Å². The van der Waals surface area contributed by atoms with E-state index in [1.165, 1.54) is 4.90 Å². The molecule has 146 valence electrons. The zero-order valence-corrected chi connectivity index (χ0v) is 16.9. The van der Waals surface area contributed by atoms with Gasteiger partial charge in [-0.05, 0) is 54.5 Å². The van der Waals surface area contributed by atoms with Gasteiger partial charge in [0.15, 0.2) is 0 Å². The van der Waals surface area contributed by atoms with Gasteiger partial charge in [-0.2, -0.15) is 4.39 Å². The van der Waals surface area contributed by atoms with Gasteiger partial charge < -0.3 is 18.5 Å². The molecule has 9 heteroatoms. The zero-order chi connectivity index (χ0) is 19.5. The molecule has 1 saturated heterocycles. The van der Waals surface area contributed by atoms with E-state index in [4.69, 9.17) is 18.5 Å². The van der Waals surface area contributed by atoms with Crippen molar-refractivity contribution in [3.8, 4) is 0 Å². The molecule has 1 rings (SSSR count). The number of rotatable bonds is 6. The first-order valence-electron chi connectivity index (χ1n) is 8.29. The summed E-state index contributed by atoms with van der Waals surface area (Å²) in [5.74, 6) is 0. The van der Waals surface area contributed by atoms with Crippen molar-refractivity contribution in [3.63, 3.8) is 0 Å². The molecule has 0 spiro atoms. The summed E-state index contributed by atoms with van der Waals surface area (Å²) in [6.45, 7) is 11.8. The number of carbonyl (C=O) groups excluding carboxylic acids is 1. The van der Waals surface area contributed by atoms with Crippen LogP contribution >= 0.6 is 7.60 Å². The van der Waals surface area contributed by atoms with E-state index < -0.39 is 36.6 Å². The average Bonchev–Trinajstić information content (AvgIpc) is 2.72. The van der Waals surface area contributed by atoms with Crippen LogP contribution in [0.5, 0.6) is 0 Å². The molecule has 1 aliphatic heterocycles. The number of nitrogens with zero attached hydrogens (tertiary/aromatic N) is 1. The number of hydrogen-bond acceptors (Lipinski definition) is 6. The molecule has 0 aliphatic carbocycles. The van der Waals surface area contributed by atoms with E-state index in [2.05, 4.69) is 0 Å². The highest BCUT2D eigenvalue weighted by Crippen LogP contribution is 2.57. The number of hydrogen-bond donors (Lipinski definition) is 0. The molecule has 0 aromatic rings. The molecule has 0 radical (unpaired) electrons. The van der Waals surface area contributed by atoms with E-state index in [1.54, 1.807) is 48.5 Å². The minimum atomic E-state index is -4.04. The van der Waals surface area contributed by atoms with Crippen LogP contribution in [-0.4, -0.2) is 48.2 Å². The van der Waals surface area contributed by atoms with Gasteiger partial charge >= 0.3 is 13.7 Å². The summed E-state index contributed by atoms with van der Waals surface area (Å²) in [5, 5.41) is 0. The van der Waals surface area contributed by atoms with Crippen molar-refractivity contribution < 1.29 is 32.3 Å². The molecule has 1 fully saturated rings. The maximum Gasteiger partial charge on any atom is 0.413 e. The molecule has 0 unspecified atom stereocenters. The average molecular weight is 381 g/mol. The molecular formula is C16H29FNO6P. The van der Waals surface area contributed by atoms with Crippen LogP contribution in [0, 0.1) is 0 Å². The van der Waals surface area contributed by atoms with Crippen LogP contribution in [0.1, 0.15) is 48.5 Å². The number of ether oxygens (including phenoxy) is 2. The molecule has 1 heterocycles. The molecule has 0 N–H and O–H groups in total. The lowest BCUT2D eigenvalue weighted by Crippen LogP contribution is -2.49. The quantitative estimate of drug-likeness (QED) is 0.634. The number of halogens is 1. The van der Waals surface area contributed by atoms with Crippen LogP contribution in [0.2, 0.25) is 0 Å². The van der Waals surface area contributed by atoms with E-state index >= 15 is 0 Å². The van der Waals surface area contributed by atoms with Crippen LogP contribution < -0.4 is 0 Å². The van der Waals surface area contributed by atoms with Gasteiger partial charge in [0.1, 0.15) is 11.3 Å². The molecule has 7 nitrogen and oxygen atoms in total. The van der Waals surface area contributed by atoms with Gasteiger partial charge in [0.05, 0.1) is 25.9 Å². The fraction of sp³-hybridized carbons (Fsp3) is 0.812. The van der Waals surface area contributed by atoms with Crippen molar-refractivity contribution in [2.45, 2.75) is 65.8 Å². The SMILES string of the molecule is CCOP(=O)(OCC)C(F)=C[C@@H]1COC(C)(C)N1C(=O)OC(C)(C)C. The highest BCUT2D eigenvalue weighted by molar-refractivity contribution is 7.58. The molecule has 1 aliphatic rings. The lowest BCUT2D eigenvalue weighted by Gasteiger charge is -2.34. The van der Waals surface area contributed by atoms with Crippen molar-refractivity contribution in [1.82, 2.24) is 4.90 Å². The second-order valence-electron chi connectivity index (χ2n) is 7.00. The Kier molecular flexibility index (Phi) is 7.21. The van der Waals surface area contributed by atoms with Crippen molar-refractivity contribution in [3.05, 3.63) is 11.6 Å². The van der Waals surface area contributed by atoms with Crippen molar-refractivity contribution in [2.24, 2.45) is 0 Å². The molecule has 25 heavy (non-hydrogen) atoms. The van der Waals surface area contributed by atoms with E-state index in [0.29, 0.717) is 0 Å². The Balaban J connectivity index is 3.12. The van der Waals surface area contributed by atoms with Gasteiger partial charge in [0.25, 0.3) is 0 Å². The fourth-order valence-electron chi connectivity index (χ4n) is 2.37. The Morgan fingerprint density at radius 1 is 1.32 bits per heavy atom. The maximum absolute atomic E-state index is 14.6. The van der Waals surface area contributed by atoms with Crippen molar-refractivity contribution in [2.75, 3.05) is 19.8 Å². The Labute approximate surface area is 149 Å². The Hall–Kier alpha value is -0.950. The summed E-state index contributed by atoms with van der Waals surface area (Å²) >= 11 is 0. The van der Waals surface area contributed by atoms with Gasteiger partial charge in [-0.25, -0.2) is 4.79 Å². The summed E-state index contributed by atoms with van der Waals surface area (Å²) in [5.41, 5.74) is -2.75. The highest BCUT2D eigenvalue weighted by atomic mass is 31.2. The fourth-order valence-corrected chi connectivity index (χ4v) is 3.73. The lowest BCUT2D eigenvalue weighted by molar-refractivity contribution is -0.0610. The van der Waals surface area contributed by atoms with Gasteiger partial charge in [0.2, 0.25) is 5.57 Å². The van der Waals surface area contributed by atoms with Crippen LogP contribution in [0.15, 0.2) is 11.6 Å². The first kappa shape index (κ1) is 22.1. The first-order valence-corrected chi connectivity index (χ1v) is 9.84. The van der Waals surface area contributed by atoms with Gasteiger partial charge in [0, 0.05) is 0 Å². The lowest BCUT2D eigenvalue weighted by atomic mass is 10.2. The Morgan fingerprint density at radius 2 is 1.84 bits per heavy atom.